The van der Waals surface area contributed by atoms with Gasteiger partial charge in [0.1, 0.15) is 30.1 Å². The van der Waals surface area contributed by atoms with Crippen molar-refractivity contribution in [1.29, 1.82) is 0 Å². The molecule has 0 aliphatic rings. The van der Waals surface area contributed by atoms with Crippen LogP contribution in [0, 0.1) is 0 Å². The second-order valence-corrected chi connectivity index (χ2v) is 22.4. The first-order chi connectivity index (χ1) is 27.3. The van der Waals surface area contributed by atoms with Crippen LogP contribution in [0.1, 0.15) is 92.2 Å². The van der Waals surface area contributed by atoms with E-state index in [2.05, 4.69) is 42.9 Å². The average molecular weight is 858 g/mol. The van der Waals surface area contributed by atoms with Gasteiger partial charge < -0.3 is 18.6 Å². The summed E-state index contributed by atoms with van der Waals surface area (Å²) in [5.74, 6) is -0.0713. The summed E-state index contributed by atoms with van der Waals surface area (Å²) in [6.45, 7) is 20.6. The Labute approximate surface area is 352 Å². The minimum atomic E-state index is -2.58. The van der Waals surface area contributed by atoms with Gasteiger partial charge in [0.05, 0.1) is 28.0 Å². The van der Waals surface area contributed by atoms with Gasteiger partial charge in [0.2, 0.25) is 0 Å². The molecule has 4 rings (SSSR count). The standard InChI is InChI=1S/C43H61ClN4O8SSi/c1-11-36-34-22-21-33(27-37(34)48(45-36)41(50)55-43(8,9)10)53-25-24-46(28-31-18-16-15-17-19-31)29-39(56-58(12-2,13-3)14-4)32-20-23-35(44)38(26-32)47(57(51)52)30-40(49)54-42(5,6)7/h15-23,26-27,39H,11-14,24-25,28-30H2,1-10H3,(H,51,52). The lowest BCUT2D eigenvalue weighted by atomic mass is 10.1. The number of aryl methyl sites for hydroxylation is 1. The molecule has 2 unspecified atom stereocenters. The molecule has 12 nitrogen and oxygen atoms in total. The van der Waals surface area contributed by atoms with Crippen molar-refractivity contribution >= 4 is 59.8 Å². The highest BCUT2D eigenvalue weighted by Gasteiger charge is 2.34. The van der Waals surface area contributed by atoms with E-state index in [4.69, 9.17) is 30.2 Å². The molecular weight excluding hydrogens is 796 g/mol. The van der Waals surface area contributed by atoms with Crippen LogP contribution >= 0.6 is 11.6 Å². The van der Waals surface area contributed by atoms with E-state index in [1.165, 1.54) is 4.68 Å². The monoisotopic (exact) mass is 856 g/mol. The number of halogens is 1. The van der Waals surface area contributed by atoms with Crippen molar-refractivity contribution in [2.75, 3.05) is 30.5 Å². The Balaban J connectivity index is 1.68. The van der Waals surface area contributed by atoms with Crippen LogP contribution in [0.4, 0.5) is 10.5 Å². The van der Waals surface area contributed by atoms with Crippen LogP contribution in [0.25, 0.3) is 10.9 Å². The van der Waals surface area contributed by atoms with Crippen molar-refractivity contribution in [2.45, 2.75) is 118 Å². The maximum Gasteiger partial charge on any atom is 0.435 e. The summed E-state index contributed by atoms with van der Waals surface area (Å²) < 4.78 is 50.2. The molecule has 1 heterocycles. The van der Waals surface area contributed by atoms with E-state index in [0.717, 1.165) is 44.6 Å². The number of ether oxygens (including phenoxy) is 3. The lowest BCUT2D eigenvalue weighted by molar-refractivity contribution is -0.152. The Kier molecular flexibility index (Phi) is 16.5. The Morgan fingerprint density at radius 1 is 0.914 bits per heavy atom. The highest BCUT2D eigenvalue weighted by Crippen LogP contribution is 2.36. The molecule has 2 atom stereocenters. The summed E-state index contributed by atoms with van der Waals surface area (Å²) in [5, 5.41) is 5.63. The molecular formula is C43H61ClN4O8SSi. The minimum absolute atomic E-state index is 0.212. The predicted octanol–water partition coefficient (Wildman–Crippen LogP) is 9.96. The highest BCUT2D eigenvalue weighted by atomic mass is 35.5. The topological polar surface area (TPSA) is 133 Å². The Hall–Kier alpha value is -3.79. The maximum absolute atomic E-state index is 13.1. The quantitative estimate of drug-likeness (QED) is 0.0552. The highest BCUT2D eigenvalue weighted by molar-refractivity contribution is 7.80. The zero-order chi connectivity index (χ0) is 42.8. The van der Waals surface area contributed by atoms with Crippen LogP contribution in [0.2, 0.25) is 23.2 Å². The molecule has 0 saturated heterocycles. The second kappa shape index (κ2) is 20.5. The van der Waals surface area contributed by atoms with Gasteiger partial charge in [-0.1, -0.05) is 75.7 Å². The van der Waals surface area contributed by atoms with Gasteiger partial charge in [-0.25, -0.2) is 9.00 Å². The molecule has 4 aromatic rings. The number of hydrogen-bond acceptors (Lipinski definition) is 9. The molecule has 0 bridgehead atoms. The summed E-state index contributed by atoms with van der Waals surface area (Å²) in [5.41, 5.74) is 2.04. The number of benzene rings is 3. The molecule has 0 aliphatic heterocycles. The zero-order valence-electron chi connectivity index (χ0n) is 35.7. The zero-order valence-corrected chi connectivity index (χ0v) is 38.2. The van der Waals surface area contributed by atoms with Crippen LogP contribution < -0.4 is 9.04 Å². The van der Waals surface area contributed by atoms with Gasteiger partial charge in [0, 0.05) is 31.1 Å². The van der Waals surface area contributed by atoms with Gasteiger partial charge >= 0.3 is 12.1 Å². The van der Waals surface area contributed by atoms with E-state index in [9.17, 15) is 18.4 Å². The third kappa shape index (κ3) is 13.1. The SMILES string of the molecule is CCc1nn(C(=O)OC(C)(C)C)c2cc(OCCN(Cc3ccccc3)CC(O[Si](CC)(CC)CC)c3ccc(Cl)c(N(CC(=O)OC(C)(C)C)S(=O)O)c3)ccc12. The number of anilines is 1. The smallest absolute Gasteiger partial charge is 0.435 e. The van der Waals surface area contributed by atoms with Gasteiger partial charge in [0.25, 0.3) is 11.3 Å². The molecule has 0 fully saturated rings. The maximum atomic E-state index is 13.1. The van der Waals surface area contributed by atoms with Gasteiger partial charge in [-0.2, -0.15) is 9.78 Å². The van der Waals surface area contributed by atoms with E-state index in [1.54, 1.807) is 32.9 Å². The fraction of sp³-hybridized carbons (Fsp3) is 0.512. The number of hydrogen-bond donors (Lipinski definition) is 1. The van der Waals surface area contributed by atoms with Crippen molar-refractivity contribution in [1.82, 2.24) is 14.7 Å². The molecule has 0 saturated carbocycles. The fourth-order valence-corrected chi connectivity index (χ4v) is 10.3. The first-order valence-corrected chi connectivity index (χ1v) is 24.0. The van der Waals surface area contributed by atoms with Gasteiger partial charge in [-0.3, -0.25) is 18.6 Å². The lowest BCUT2D eigenvalue weighted by Gasteiger charge is -2.36. The molecule has 0 aliphatic carbocycles. The van der Waals surface area contributed by atoms with E-state index >= 15 is 0 Å². The number of fused-ring (bicyclic) bond motifs is 1. The largest absolute Gasteiger partial charge is 0.492 e. The number of rotatable bonds is 19. The van der Waals surface area contributed by atoms with Crippen LogP contribution in [0.15, 0.2) is 66.7 Å². The summed E-state index contributed by atoms with van der Waals surface area (Å²) in [6, 6.07) is 23.8. The van der Waals surface area contributed by atoms with E-state index < -0.39 is 55.5 Å². The minimum Gasteiger partial charge on any atom is -0.492 e. The molecule has 1 aromatic heterocycles. The molecule has 15 heteroatoms. The summed E-state index contributed by atoms with van der Waals surface area (Å²) in [4.78, 5) is 28.3. The molecule has 318 valence electrons. The average Bonchev–Trinajstić information content (AvgIpc) is 3.53. The van der Waals surface area contributed by atoms with Crippen molar-refractivity contribution in [2.24, 2.45) is 0 Å². The Bertz CT molecular complexity index is 2000. The lowest BCUT2D eigenvalue weighted by Crippen LogP contribution is -2.41. The van der Waals surface area contributed by atoms with Crippen LogP contribution in [-0.2, 0) is 42.9 Å². The molecule has 0 amide bonds. The molecule has 0 radical (unpaired) electrons. The van der Waals surface area contributed by atoms with E-state index in [1.807, 2.05) is 70.2 Å². The van der Waals surface area contributed by atoms with E-state index in [-0.39, 0.29) is 10.7 Å². The summed E-state index contributed by atoms with van der Waals surface area (Å²) in [6.07, 6.45) is -0.352. The van der Waals surface area contributed by atoms with Crippen LogP contribution in [0.5, 0.6) is 5.75 Å². The Morgan fingerprint density at radius 3 is 2.16 bits per heavy atom. The third-order valence-electron chi connectivity index (χ3n) is 9.80. The number of nitrogens with zero attached hydrogens (tertiary/aromatic N) is 4. The molecule has 0 spiro atoms. The first-order valence-electron chi connectivity index (χ1n) is 20.0. The fourth-order valence-electron chi connectivity index (χ4n) is 6.71. The normalized spacial score (nSPS) is 13.4. The van der Waals surface area contributed by atoms with Crippen LogP contribution in [0.3, 0.4) is 0 Å². The van der Waals surface area contributed by atoms with Gasteiger partial charge in [0.15, 0.2) is 8.32 Å². The molecule has 1 N–H and O–H groups in total. The van der Waals surface area contributed by atoms with Crippen molar-refractivity contribution in [3.63, 3.8) is 0 Å². The number of aromatic nitrogens is 2. The molecule has 58 heavy (non-hydrogen) atoms. The van der Waals surface area contributed by atoms with Gasteiger partial charge in [-0.05, 0) is 101 Å². The van der Waals surface area contributed by atoms with Crippen molar-refractivity contribution < 1.29 is 37.0 Å². The van der Waals surface area contributed by atoms with Crippen LogP contribution in [-0.4, -0.2) is 81.3 Å². The first kappa shape index (κ1) is 46.9. The van der Waals surface area contributed by atoms with E-state index in [0.29, 0.717) is 43.9 Å². The predicted molar refractivity (Wildman–Crippen MR) is 234 cm³/mol. The molecule has 3 aromatic carbocycles. The van der Waals surface area contributed by atoms with Gasteiger partial charge in [-0.15, -0.1) is 0 Å². The summed E-state index contributed by atoms with van der Waals surface area (Å²) in [7, 11) is -2.23. The Morgan fingerprint density at radius 2 is 1.57 bits per heavy atom. The second-order valence-electron chi connectivity index (χ2n) is 16.4. The number of esters is 1. The summed E-state index contributed by atoms with van der Waals surface area (Å²) >= 11 is 4.10. The third-order valence-corrected chi connectivity index (χ3v) is 15.5. The number of carbonyl (C=O) groups is 2. The van der Waals surface area contributed by atoms with Crippen molar-refractivity contribution in [3.05, 3.63) is 88.6 Å². The number of carbonyl (C=O) groups excluding carboxylic acids is 2. The van der Waals surface area contributed by atoms with Crippen molar-refractivity contribution in [3.8, 4) is 5.75 Å².